The topological polar surface area (TPSA) is 17.1 Å². The predicted molar refractivity (Wildman–Crippen MR) is 51.3 cm³/mol. The number of hydrogen-bond donors (Lipinski definition) is 0. The number of rotatable bonds is 2. The lowest BCUT2D eigenvalue weighted by Crippen LogP contribution is -1.83. The zero-order chi connectivity index (χ0) is 8.27. The van der Waals surface area contributed by atoms with E-state index < -0.39 is 0 Å². The molecule has 1 aromatic carbocycles. The Morgan fingerprint density at radius 1 is 1.55 bits per heavy atom. The minimum absolute atomic E-state index is 0.742. The van der Waals surface area contributed by atoms with Crippen LogP contribution >= 0.6 is 27.7 Å². The second kappa shape index (κ2) is 3.93. The van der Waals surface area contributed by atoms with E-state index >= 15 is 0 Å². The molecule has 0 aromatic heterocycles. The SMILES string of the molecule is CSc1ccc(Br)cc1C=O. The number of thioether (sulfide) groups is 1. The van der Waals surface area contributed by atoms with Gasteiger partial charge in [-0.1, -0.05) is 15.9 Å². The Labute approximate surface area is 78.3 Å². The van der Waals surface area contributed by atoms with E-state index in [-0.39, 0.29) is 0 Å². The first-order chi connectivity index (χ1) is 5.27. The van der Waals surface area contributed by atoms with Crippen molar-refractivity contribution in [3.05, 3.63) is 28.2 Å². The molecule has 1 rings (SSSR count). The quantitative estimate of drug-likeness (QED) is 0.574. The summed E-state index contributed by atoms with van der Waals surface area (Å²) in [5.41, 5.74) is 0.742. The molecule has 1 aromatic rings. The fourth-order valence-corrected chi connectivity index (χ4v) is 1.72. The molecule has 11 heavy (non-hydrogen) atoms. The maximum absolute atomic E-state index is 10.5. The first-order valence-electron chi connectivity index (χ1n) is 3.06. The molecule has 0 N–H and O–H groups in total. The van der Waals surface area contributed by atoms with Gasteiger partial charge in [-0.25, -0.2) is 0 Å². The molecule has 0 aliphatic heterocycles. The van der Waals surface area contributed by atoms with E-state index in [1.807, 2.05) is 24.5 Å². The summed E-state index contributed by atoms with van der Waals surface area (Å²) in [4.78, 5) is 11.5. The third kappa shape index (κ3) is 2.07. The van der Waals surface area contributed by atoms with E-state index in [9.17, 15) is 4.79 Å². The van der Waals surface area contributed by atoms with Crippen LogP contribution < -0.4 is 0 Å². The standard InChI is InChI=1S/C8H7BrOS/c1-11-8-3-2-7(9)4-6(8)5-10/h2-5H,1H3. The summed E-state index contributed by atoms with van der Waals surface area (Å²) in [7, 11) is 0. The van der Waals surface area contributed by atoms with Gasteiger partial charge >= 0.3 is 0 Å². The van der Waals surface area contributed by atoms with Crippen LogP contribution in [-0.2, 0) is 0 Å². The van der Waals surface area contributed by atoms with Gasteiger partial charge in [0.05, 0.1) is 0 Å². The molecule has 0 aliphatic carbocycles. The van der Waals surface area contributed by atoms with Crippen LogP contribution in [0.4, 0.5) is 0 Å². The van der Waals surface area contributed by atoms with Gasteiger partial charge in [0, 0.05) is 14.9 Å². The number of halogens is 1. The highest BCUT2D eigenvalue weighted by molar-refractivity contribution is 9.10. The Balaban J connectivity index is 3.16. The lowest BCUT2D eigenvalue weighted by Gasteiger charge is -1.99. The number of aldehydes is 1. The number of carbonyl (C=O) groups excluding carboxylic acids is 1. The molecule has 0 saturated heterocycles. The van der Waals surface area contributed by atoms with Gasteiger partial charge in [-0.3, -0.25) is 4.79 Å². The molecule has 0 fully saturated rings. The van der Waals surface area contributed by atoms with Gasteiger partial charge in [0.1, 0.15) is 0 Å². The molecule has 0 spiro atoms. The van der Waals surface area contributed by atoms with E-state index in [4.69, 9.17) is 0 Å². The molecular formula is C8H7BrOS. The fourth-order valence-electron chi connectivity index (χ4n) is 0.797. The van der Waals surface area contributed by atoms with Crippen molar-refractivity contribution in [2.75, 3.05) is 6.26 Å². The zero-order valence-electron chi connectivity index (χ0n) is 6.00. The van der Waals surface area contributed by atoms with Crippen molar-refractivity contribution in [2.24, 2.45) is 0 Å². The monoisotopic (exact) mass is 230 g/mol. The van der Waals surface area contributed by atoms with E-state index in [1.54, 1.807) is 11.8 Å². The fraction of sp³-hybridized carbons (Fsp3) is 0.125. The normalized spacial score (nSPS) is 9.64. The molecule has 1 nitrogen and oxygen atoms in total. The molecule has 0 bridgehead atoms. The zero-order valence-corrected chi connectivity index (χ0v) is 8.41. The van der Waals surface area contributed by atoms with Crippen LogP contribution in [0.2, 0.25) is 0 Å². The lowest BCUT2D eigenvalue weighted by molar-refractivity contribution is 0.112. The summed E-state index contributed by atoms with van der Waals surface area (Å²) < 4.78 is 0.942. The Bertz CT molecular complexity index is 273. The molecule has 0 unspecified atom stereocenters. The summed E-state index contributed by atoms with van der Waals surface area (Å²) in [5, 5.41) is 0. The van der Waals surface area contributed by atoms with E-state index in [0.29, 0.717) is 0 Å². The van der Waals surface area contributed by atoms with Crippen molar-refractivity contribution in [2.45, 2.75) is 4.90 Å². The maximum Gasteiger partial charge on any atom is 0.151 e. The Hall–Kier alpha value is -0.280. The van der Waals surface area contributed by atoms with E-state index in [2.05, 4.69) is 15.9 Å². The highest BCUT2D eigenvalue weighted by Gasteiger charge is 1.99. The van der Waals surface area contributed by atoms with Gasteiger partial charge < -0.3 is 0 Å². The molecule has 0 saturated carbocycles. The molecule has 0 aliphatic rings. The van der Waals surface area contributed by atoms with Gasteiger partial charge in [0.15, 0.2) is 6.29 Å². The van der Waals surface area contributed by atoms with Crippen molar-refractivity contribution in [1.29, 1.82) is 0 Å². The van der Waals surface area contributed by atoms with Gasteiger partial charge in [0.2, 0.25) is 0 Å². The average molecular weight is 231 g/mol. The molecule has 0 heterocycles. The van der Waals surface area contributed by atoms with E-state index in [1.165, 1.54) is 0 Å². The first kappa shape index (κ1) is 8.81. The summed E-state index contributed by atoms with van der Waals surface area (Å²) in [6.45, 7) is 0. The number of hydrogen-bond acceptors (Lipinski definition) is 2. The predicted octanol–water partition coefficient (Wildman–Crippen LogP) is 2.98. The third-order valence-corrected chi connectivity index (χ3v) is 2.62. The third-order valence-electron chi connectivity index (χ3n) is 1.32. The van der Waals surface area contributed by atoms with Crippen molar-refractivity contribution < 1.29 is 4.79 Å². The van der Waals surface area contributed by atoms with Gasteiger partial charge in [-0.2, -0.15) is 0 Å². The maximum atomic E-state index is 10.5. The Morgan fingerprint density at radius 3 is 2.82 bits per heavy atom. The van der Waals surface area contributed by atoms with Crippen LogP contribution in [-0.4, -0.2) is 12.5 Å². The first-order valence-corrected chi connectivity index (χ1v) is 5.08. The molecular weight excluding hydrogens is 224 g/mol. The van der Waals surface area contributed by atoms with Gasteiger partial charge in [-0.05, 0) is 24.5 Å². The summed E-state index contributed by atoms with van der Waals surface area (Å²) in [5.74, 6) is 0. The largest absolute Gasteiger partial charge is 0.298 e. The van der Waals surface area contributed by atoms with Crippen molar-refractivity contribution in [3.8, 4) is 0 Å². The van der Waals surface area contributed by atoms with Crippen LogP contribution in [0.5, 0.6) is 0 Å². The van der Waals surface area contributed by atoms with Crippen LogP contribution in [0.1, 0.15) is 10.4 Å². The van der Waals surface area contributed by atoms with Crippen molar-refractivity contribution >= 4 is 34.0 Å². The number of benzene rings is 1. The second-order valence-corrected chi connectivity index (χ2v) is 3.77. The summed E-state index contributed by atoms with van der Waals surface area (Å²) in [6.07, 6.45) is 2.83. The molecule has 0 amide bonds. The van der Waals surface area contributed by atoms with Crippen LogP contribution in [0, 0.1) is 0 Å². The number of carbonyl (C=O) groups is 1. The Morgan fingerprint density at radius 2 is 2.27 bits per heavy atom. The molecule has 0 atom stereocenters. The lowest BCUT2D eigenvalue weighted by atomic mass is 10.2. The highest BCUT2D eigenvalue weighted by atomic mass is 79.9. The van der Waals surface area contributed by atoms with Crippen molar-refractivity contribution in [1.82, 2.24) is 0 Å². The molecule has 58 valence electrons. The van der Waals surface area contributed by atoms with Gasteiger partial charge in [0.25, 0.3) is 0 Å². The van der Waals surface area contributed by atoms with Crippen LogP contribution in [0.25, 0.3) is 0 Å². The van der Waals surface area contributed by atoms with Gasteiger partial charge in [-0.15, -0.1) is 11.8 Å². The highest BCUT2D eigenvalue weighted by Crippen LogP contribution is 2.22. The smallest absolute Gasteiger partial charge is 0.151 e. The average Bonchev–Trinajstić information content (AvgIpc) is 2.04. The minimum Gasteiger partial charge on any atom is -0.298 e. The van der Waals surface area contributed by atoms with Crippen LogP contribution in [0.15, 0.2) is 27.6 Å². The summed E-state index contributed by atoms with van der Waals surface area (Å²) >= 11 is 4.87. The Kier molecular flexibility index (Phi) is 3.15. The second-order valence-electron chi connectivity index (χ2n) is 2.00. The minimum atomic E-state index is 0.742. The van der Waals surface area contributed by atoms with Crippen molar-refractivity contribution in [3.63, 3.8) is 0 Å². The molecule has 0 radical (unpaired) electrons. The van der Waals surface area contributed by atoms with E-state index in [0.717, 1.165) is 21.2 Å². The van der Waals surface area contributed by atoms with Crippen LogP contribution in [0.3, 0.4) is 0 Å². The molecule has 3 heteroatoms. The summed E-state index contributed by atoms with van der Waals surface area (Å²) in [6, 6.07) is 5.68.